The Morgan fingerprint density at radius 2 is 2.00 bits per heavy atom. The number of amides is 2. The summed E-state index contributed by atoms with van der Waals surface area (Å²) >= 11 is 4.24. The Morgan fingerprint density at radius 3 is 2.76 bits per heavy atom. The lowest BCUT2D eigenvalue weighted by molar-refractivity contribution is -0.153. The summed E-state index contributed by atoms with van der Waals surface area (Å²) < 4.78 is 5.79. The fourth-order valence-corrected chi connectivity index (χ4v) is 7.16. The SMILES string of the molecule is CCCCCCCC(=O)SCCC/C=C/[C@@H]1CC(=O)NCc2nc(cs2)C2=N[C@@](C)(CS2)C(=O)N[C@@H](C(C)C)C(=O)O1. The molecule has 0 unspecified atom stereocenters. The van der Waals surface area contributed by atoms with Gasteiger partial charge in [0.25, 0.3) is 0 Å². The summed E-state index contributed by atoms with van der Waals surface area (Å²) in [5.74, 6) is -0.281. The van der Waals surface area contributed by atoms with E-state index < -0.39 is 23.7 Å². The molecule has 0 radical (unpaired) electrons. The molecule has 0 saturated carbocycles. The van der Waals surface area contributed by atoms with Crippen molar-refractivity contribution >= 4 is 62.8 Å². The van der Waals surface area contributed by atoms with Crippen LogP contribution >= 0.6 is 34.9 Å². The number of carbonyl (C=O) groups excluding carboxylic acids is 4. The molecule has 0 saturated heterocycles. The largest absolute Gasteiger partial charge is 0.456 e. The van der Waals surface area contributed by atoms with Crippen LogP contribution in [0.5, 0.6) is 0 Å². The van der Waals surface area contributed by atoms with Crippen molar-refractivity contribution in [3.05, 3.63) is 28.2 Å². The quantitative estimate of drug-likeness (QED) is 0.177. The molecule has 2 aliphatic heterocycles. The number of unbranched alkanes of at least 4 members (excludes halogenated alkanes) is 5. The molecule has 2 amide bonds. The molecule has 2 aliphatic rings. The highest BCUT2D eigenvalue weighted by Gasteiger charge is 2.41. The molecule has 42 heavy (non-hydrogen) atoms. The Labute approximate surface area is 261 Å². The highest BCUT2D eigenvalue weighted by molar-refractivity contribution is 8.14. The van der Waals surface area contributed by atoms with Gasteiger partial charge >= 0.3 is 5.97 Å². The van der Waals surface area contributed by atoms with Crippen LogP contribution in [0, 0.1) is 5.92 Å². The Kier molecular flexibility index (Phi) is 14.1. The number of aliphatic imine (C=N–C) groups is 1. The summed E-state index contributed by atoms with van der Waals surface area (Å²) in [5.41, 5.74) is -0.346. The first-order chi connectivity index (χ1) is 20.1. The summed E-state index contributed by atoms with van der Waals surface area (Å²) in [7, 11) is 0. The van der Waals surface area contributed by atoms with Crippen molar-refractivity contribution < 1.29 is 23.9 Å². The third-order valence-corrected chi connectivity index (χ3v) is 10.2. The van der Waals surface area contributed by atoms with Crippen LogP contribution in [0.25, 0.3) is 0 Å². The molecule has 0 aliphatic carbocycles. The Bertz CT molecular complexity index is 1150. The molecule has 232 valence electrons. The summed E-state index contributed by atoms with van der Waals surface area (Å²) in [5, 5.41) is 9.24. The minimum atomic E-state index is -1.03. The van der Waals surface area contributed by atoms with E-state index in [1.807, 2.05) is 25.3 Å². The molecular weight excluding hydrogens is 593 g/mol. The molecule has 1 aromatic heterocycles. The molecule has 3 heterocycles. The molecule has 3 rings (SSSR count). The van der Waals surface area contributed by atoms with E-state index in [-0.39, 0.29) is 35.8 Å². The fourth-order valence-electron chi connectivity index (χ4n) is 4.41. The lowest BCUT2D eigenvalue weighted by Crippen LogP contribution is -2.53. The van der Waals surface area contributed by atoms with Crippen LogP contribution in [-0.4, -0.2) is 62.1 Å². The lowest BCUT2D eigenvalue weighted by atomic mass is 10.0. The zero-order chi connectivity index (χ0) is 30.5. The second-order valence-corrected chi connectivity index (χ2v) is 14.3. The number of allylic oxidation sites excluding steroid dienone is 1. The standard InChI is InChI=1S/C30H44N4O5S3/c1-5-6-7-8-11-14-25(36)40-15-12-9-10-13-21-16-23(35)31-17-24-32-22(18-41-24)27-34-30(4,19-42-27)29(38)33-26(20(2)3)28(37)39-21/h10,13,18,20-21,26H,5-9,11-12,14-17,19H2,1-4H3,(H,31,35)(H,33,38)/b13-10+/t21-,26+,30+/m1/s1. The third-order valence-electron chi connectivity index (χ3n) is 7.01. The predicted octanol–water partition coefficient (Wildman–Crippen LogP) is 5.42. The van der Waals surface area contributed by atoms with Crippen LogP contribution < -0.4 is 10.6 Å². The average Bonchev–Trinajstić information content (AvgIpc) is 3.59. The topological polar surface area (TPSA) is 127 Å². The maximum Gasteiger partial charge on any atom is 0.329 e. The van der Waals surface area contributed by atoms with Gasteiger partial charge in [-0.3, -0.25) is 19.4 Å². The molecule has 4 bridgehead atoms. The van der Waals surface area contributed by atoms with Crippen molar-refractivity contribution in [2.75, 3.05) is 11.5 Å². The number of hydrogen-bond acceptors (Lipinski definition) is 10. The maximum atomic E-state index is 13.3. The van der Waals surface area contributed by atoms with Gasteiger partial charge in [-0.05, 0) is 38.2 Å². The number of carbonyl (C=O) groups is 4. The number of nitrogens with one attached hydrogen (secondary N) is 2. The number of hydrogen-bond donors (Lipinski definition) is 2. The number of thioether (sulfide) groups is 2. The smallest absolute Gasteiger partial charge is 0.329 e. The van der Waals surface area contributed by atoms with E-state index in [9.17, 15) is 19.2 Å². The van der Waals surface area contributed by atoms with Crippen molar-refractivity contribution in [2.24, 2.45) is 10.9 Å². The first kappa shape index (κ1) is 34.3. The normalized spacial score (nSPS) is 23.5. The fraction of sp³-hybridized carbons (Fsp3) is 0.667. The third kappa shape index (κ3) is 10.8. The number of aromatic nitrogens is 1. The van der Waals surface area contributed by atoms with Crippen LogP contribution in [0.4, 0.5) is 0 Å². The van der Waals surface area contributed by atoms with Crippen molar-refractivity contribution in [3.63, 3.8) is 0 Å². The van der Waals surface area contributed by atoms with Crippen molar-refractivity contribution in [1.29, 1.82) is 0 Å². The van der Waals surface area contributed by atoms with Gasteiger partial charge in [-0.25, -0.2) is 9.78 Å². The number of rotatable bonds is 12. The van der Waals surface area contributed by atoms with Crippen molar-refractivity contribution in [3.8, 4) is 0 Å². The Hall–Kier alpha value is -2.18. The summed E-state index contributed by atoms with van der Waals surface area (Å²) in [6, 6.07) is -0.888. The number of nitrogens with zero attached hydrogens (tertiary/aromatic N) is 2. The Morgan fingerprint density at radius 1 is 1.21 bits per heavy atom. The number of cyclic esters (lactones) is 1. The van der Waals surface area contributed by atoms with Gasteiger partial charge in [-0.15, -0.1) is 23.1 Å². The zero-order valence-electron chi connectivity index (χ0n) is 25.1. The first-order valence-electron chi connectivity index (χ1n) is 14.9. The summed E-state index contributed by atoms with van der Waals surface area (Å²) in [6.07, 6.45) is 10.5. The van der Waals surface area contributed by atoms with Gasteiger partial charge < -0.3 is 15.4 Å². The van der Waals surface area contributed by atoms with Crippen molar-refractivity contribution in [1.82, 2.24) is 15.6 Å². The second-order valence-electron chi connectivity index (χ2n) is 11.2. The van der Waals surface area contributed by atoms with Crippen LogP contribution in [0.1, 0.15) is 96.2 Å². The summed E-state index contributed by atoms with van der Waals surface area (Å²) in [4.78, 5) is 60.7. The predicted molar refractivity (Wildman–Crippen MR) is 172 cm³/mol. The van der Waals surface area contributed by atoms with Crippen LogP contribution in [0.15, 0.2) is 22.5 Å². The molecule has 2 N–H and O–H groups in total. The van der Waals surface area contributed by atoms with Gasteiger partial charge in [0.2, 0.25) is 11.8 Å². The highest BCUT2D eigenvalue weighted by Crippen LogP contribution is 2.32. The molecule has 12 heteroatoms. The monoisotopic (exact) mass is 636 g/mol. The minimum absolute atomic E-state index is 0.0508. The second kappa shape index (κ2) is 17.2. The number of ether oxygens (including phenoxy) is 1. The molecule has 3 atom stereocenters. The van der Waals surface area contributed by atoms with E-state index in [0.29, 0.717) is 29.3 Å². The average molecular weight is 637 g/mol. The molecule has 9 nitrogen and oxygen atoms in total. The van der Waals surface area contributed by atoms with E-state index >= 15 is 0 Å². The van der Waals surface area contributed by atoms with Gasteiger partial charge in [0.15, 0.2) is 5.12 Å². The van der Waals surface area contributed by atoms with Crippen LogP contribution in [-0.2, 0) is 30.5 Å². The van der Waals surface area contributed by atoms with Gasteiger partial charge in [0.1, 0.15) is 33.4 Å². The minimum Gasteiger partial charge on any atom is -0.456 e. The number of fused-ring (bicyclic) bond motifs is 4. The summed E-state index contributed by atoms with van der Waals surface area (Å²) in [6.45, 7) is 7.86. The lowest BCUT2D eigenvalue weighted by Gasteiger charge is -2.27. The van der Waals surface area contributed by atoms with Gasteiger partial charge in [-0.2, -0.15) is 0 Å². The zero-order valence-corrected chi connectivity index (χ0v) is 27.6. The van der Waals surface area contributed by atoms with Crippen LogP contribution in [0.2, 0.25) is 0 Å². The maximum absolute atomic E-state index is 13.3. The number of esters is 1. The van der Waals surface area contributed by atoms with Gasteiger partial charge in [0.05, 0.1) is 13.0 Å². The van der Waals surface area contributed by atoms with E-state index in [0.717, 1.165) is 30.0 Å². The molecule has 0 spiro atoms. The highest BCUT2D eigenvalue weighted by atomic mass is 32.2. The van der Waals surface area contributed by atoms with E-state index in [4.69, 9.17) is 4.74 Å². The van der Waals surface area contributed by atoms with Crippen LogP contribution in [0.3, 0.4) is 0 Å². The number of thiazole rings is 1. The van der Waals surface area contributed by atoms with E-state index in [2.05, 4.69) is 27.5 Å². The molecule has 0 fully saturated rings. The van der Waals surface area contributed by atoms with Gasteiger partial charge in [0, 0.05) is 23.3 Å². The first-order valence-corrected chi connectivity index (χ1v) is 17.7. The van der Waals surface area contributed by atoms with Crippen molar-refractivity contribution in [2.45, 2.75) is 110 Å². The van der Waals surface area contributed by atoms with E-state index in [1.54, 1.807) is 13.0 Å². The van der Waals surface area contributed by atoms with Gasteiger partial charge in [-0.1, -0.05) is 64.3 Å². The Balaban J connectivity index is 1.62. The van der Waals surface area contributed by atoms with E-state index in [1.165, 1.54) is 54.1 Å². The molecular formula is C30H44N4O5S3. The molecule has 0 aromatic carbocycles. The molecule has 1 aromatic rings.